The molecule has 1 unspecified atom stereocenters. The van der Waals surface area contributed by atoms with Crippen LogP contribution in [0, 0.1) is 0 Å². The Morgan fingerprint density at radius 3 is 2.60 bits per heavy atom. The minimum atomic E-state index is -2.33. The molecule has 0 aromatic carbocycles. The van der Waals surface area contributed by atoms with E-state index in [2.05, 4.69) is 5.32 Å². The zero-order chi connectivity index (χ0) is 11.5. The van der Waals surface area contributed by atoms with E-state index in [0.717, 1.165) is 0 Å². The van der Waals surface area contributed by atoms with Gasteiger partial charge in [-0.05, 0) is 26.7 Å². The average Bonchev–Trinajstić information content (AvgIpc) is 2.13. The second-order valence-corrected chi connectivity index (χ2v) is 4.79. The molecule has 3 N–H and O–H groups in total. The molecule has 0 spiro atoms. The zero-order valence-electron chi connectivity index (χ0n) is 9.35. The third-order valence-electron chi connectivity index (χ3n) is 2.86. The number of nitrogens with one attached hydrogen (secondary N) is 1. The summed E-state index contributed by atoms with van der Waals surface area (Å²) in [7, 11) is 0. The van der Waals surface area contributed by atoms with Crippen LogP contribution in [0.15, 0.2) is 0 Å². The Morgan fingerprint density at radius 2 is 2.13 bits per heavy atom. The van der Waals surface area contributed by atoms with Crippen LogP contribution >= 0.6 is 0 Å². The standard InChI is InChI=1S/C10H20F2N2O/c1-9(2)6-10(7-13,3-4-15-9)14-5-8(11)12/h8,14H,3-7,13H2,1-2H3. The van der Waals surface area contributed by atoms with Gasteiger partial charge in [0.2, 0.25) is 0 Å². The molecule has 1 saturated heterocycles. The quantitative estimate of drug-likeness (QED) is 0.749. The second kappa shape index (κ2) is 4.72. The van der Waals surface area contributed by atoms with E-state index >= 15 is 0 Å². The van der Waals surface area contributed by atoms with Crippen molar-refractivity contribution in [2.24, 2.45) is 5.73 Å². The summed E-state index contributed by atoms with van der Waals surface area (Å²) in [6.45, 7) is 4.56. The predicted molar refractivity (Wildman–Crippen MR) is 55.1 cm³/mol. The average molecular weight is 222 g/mol. The van der Waals surface area contributed by atoms with Crippen LogP contribution in [0.4, 0.5) is 8.78 Å². The Balaban J connectivity index is 2.58. The monoisotopic (exact) mass is 222 g/mol. The molecule has 0 aromatic rings. The van der Waals surface area contributed by atoms with Gasteiger partial charge >= 0.3 is 0 Å². The van der Waals surface area contributed by atoms with Crippen molar-refractivity contribution in [1.82, 2.24) is 5.32 Å². The molecule has 1 aliphatic heterocycles. The van der Waals surface area contributed by atoms with Crippen molar-refractivity contribution in [2.75, 3.05) is 19.7 Å². The molecule has 1 heterocycles. The normalized spacial score (nSPS) is 30.8. The van der Waals surface area contributed by atoms with Gasteiger partial charge in [-0.15, -0.1) is 0 Å². The first-order chi connectivity index (χ1) is 6.89. The van der Waals surface area contributed by atoms with Gasteiger partial charge in [-0.3, -0.25) is 0 Å². The van der Waals surface area contributed by atoms with Gasteiger partial charge in [0.15, 0.2) is 0 Å². The highest BCUT2D eigenvalue weighted by atomic mass is 19.3. The molecule has 0 bridgehead atoms. The molecule has 0 amide bonds. The summed E-state index contributed by atoms with van der Waals surface area (Å²) in [5, 5.41) is 2.88. The molecular weight excluding hydrogens is 202 g/mol. The number of halogens is 2. The van der Waals surface area contributed by atoms with E-state index in [1.807, 2.05) is 13.8 Å². The molecule has 90 valence electrons. The largest absolute Gasteiger partial charge is 0.375 e. The van der Waals surface area contributed by atoms with Gasteiger partial charge in [0, 0.05) is 18.7 Å². The van der Waals surface area contributed by atoms with E-state index in [-0.39, 0.29) is 12.1 Å². The van der Waals surface area contributed by atoms with E-state index in [1.165, 1.54) is 0 Å². The Bertz CT molecular complexity index is 212. The van der Waals surface area contributed by atoms with Gasteiger partial charge in [-0.1, -0.05) is 0 Å². The molecule has 1 aliphatic rings. The Morgan fingerprint density at radius 1 is 1.47 bits per heavy atom. The van der Waals surface area contributed by atoms with Gasteiger partial charge in [0.25, 0.3) is 6.43 Å². The molecule has 0 saturated carbocycles. The number of nitrogens with two attached hydrogens (primary N) is 1. The van der Waals surface area contributed by atoms with Crippen molar-refractivity contribution >= 4 is 0 Å². The van der Waals surface area contributed by atoms with E-state index in [4.69, 9.17) is 10.5 Å². The lowest BCUT2D eigenvalue weighted by molar-refractivity contribution is -0.0877. The number of hydrogen-bond donors (Lipinski definition) is 2. The molecule has 0 aliphatic carbocycles. The van der Waals surface area contributed by atoms with Crippen LogP contribution < -0.4 is 11.1 Å². The van der Waals surface area contributed by atoms with Crippen molar-refractivity contribution < 1.29 is 13.5 Å². The van der Waals surface area contributed by atoms with Gasteiger partial charge in [-0.25, -0.2) is 8.78 Å². The van der Waals surface area contributed by atoms with Crippen molar-refractivity contribution in [3.05, 3.63) is 0 Å². The highest BCUT2D eigenvalue weighted by molar-refractivity contribution is 4.97. The van der Waals surface area contributed by atoms with Gasteiger partial charge in [-0.2, -0.15) is 0 Å². The fraction of sp³-hybridized carbons (Fsp3) is 1.00. The first kappa shape index (κ1) is 12.8. The zero-order valence-corrected chi connectivity index (χ0v) is 9.35. The Labute approximate surface area is 89.4 Å². The minimum absolute atomic E-state index is 0.285. The van der Waals surface area contributed by atoms with E-state index in [1.54, 1.807) is 0 Å². The van der Waals surface area contributed by atoms with Crippen molar-refractivity contribution in [3.8, 4) is 0 Å². The molecule has 3 nitrogen and oxygen atoms in total. The second-order valence-electron chi connectivity index (χ2n) is 4.79. The Kier molecular flexibility index (Phi) is 4.03. The van der Waals surface area contributed by atoms with Crippen LogP contribution in [0.1, 0.15) is 26.7 Å². The SMILES string of the molecule is CC1(C)CC(CN)(NCC(F)F)CCO1. The molecule has 0 aromatic heterocycles. The lowest BCUT2D eigenvalue weighted by Crippen LogP contribution is -2.59. The molecular formula is C10H20F2N2O. The van der Waals surface area contributed by atoms with Crippen LogP contribution in [-0.4, -0.2) is 37.3 Å². The maximum Gasteiger partial charge on any atom is 0.250 e. The van der Waals surface area contributed by atoms with Crippen LogP contribution in [-0.2, 0) is 4.74 Å². The van der Waals surface area contributed by atoms with Crippen LogP contribution in [0.3, 0.4) is 0 Å². The van der Waals surface area contributed by atoms with Crippen LogP contribution in [0.25, 0.3) is 0 Å². The topological polar surface area (TPSA) is 47.3 Å². The number of rotatable bonds is 4. The van der Waals surface area contributed by atoms with Gasteiger partial charge in [0.05, 0.1) is 12.1 Å². The maximum atomic E-state index is 12.2. The highest BCUT2D eigenvalue weighted by Gasteiger charge is 2.39. The smallest absolute Gasteiger partial charge is 0.250 e. The van der Waals surface area contributed by atoms with Crippen LogP contribution in [0.2, 0.25) is 0 Å². The highest BCUT2D eigenvalue weighted by Crippen LogP contribution is 2.31. The molecule has 1 fully saturated rings. The van der Waals surface area contributed by atoms with Gasteiger partial charge in [0.1, 0.15) is 0 Å². The summed E-state index contributed by atoms with van der Waals surface area (Å²) in [4.78, 5) is 0. The lowest BCUT2D eigenvalue weighted by atomic mass is 9.81. The fourth-order valence-electron chi connectivity index (χ4n) is 2.17. The molecule has 0 radical (unpaired) electrons. The van der Waals surface area contributed by atoms with Crippen LogP contribution in [0.5, 0.6) is 0 Å². The van der Waals surface area contributed by atoms with E-state index in [0.29, 0.717) is 26.0 Å². The third-order valence-corrected chi connectivity index (χ3v) is 2.86. The van der Waals surface area contributed by atoms with Crippen molar-refractivity contribution in [1.29, 1.82) is 0 Å². The summed E-state index contributed by atoms with van der Waals surface area (Å²) < 4.78 is 29.9. The summed E-state index contributed by atoms with van der Waals surface area (Å²) in [6, 6.07) is 0. The lowest BCUT2D eigenvalue weighted by Gasteiger charge is -2.45. The minimum Gasteiger partial charge on any atom is -0.375 e. The molecule has 1 atom stereocenters. The van der Waals surface area contributed by atoms with Crippen molar-refractivity contribution in [2.45, 2.75) is 44.3 Å². The summed E-state index contributed by atoms with van der Waals surface area (Å²) >= 11 is 0. The Hall–Kier alpha value is -0.260. The number of ether oxygens (including phenoxy) is 1. The predicted octanol–water partition coefficient (Wildman–Crippen LogP) is 1.13. The first-order valence-electron chi connectivity index (χ1n) is 5.26. The number of alkyl halides is 2. The molecule has 15 heavy (non-hydrogen) atoms. The summed E-state index contributed by atoms with van der Waals surface area (Å²) in [5.74, 6) is 0. The number of hydrogen-bond acceptors (Lipinski definition) is 3. The fourth-order valence-corrected chi connectivity index (χ4v) is 2.17. The summed E-state index contributed by atoms with van der Waals surface area (Å²) in [6.07, 6.45) is -0.970. The summed E-state index contributed by atoms with van der Waals surface area (Å²) in [5.41, 5.74) is 5.01. The maximum absolute atomic E-state index is 12.2. The van der Waals surface area contributed by atoms with Crippen molar-refractivity contribution in [3.63, 3.8) is 0 Å². The first-order valence-corrected chi connectivity index (χ1v) is 5.26. The third kappa shape index (κ3) is 3.66. The molecule has 1 rings (SSSR count). The van der Waals surface area contributed by atoms with Gasteiger partial charge < -0.3 is 15.8 Å². The van der Waals surface area contributed by atoms with E-state index in [9.17, 15) is 8.78 Å². The molecule has 5 heteroatoms. The van der Waals surface area contributed by atoms with E-state index < -0.39 is 12.0 Å².